The van der Waals surface area contributed by atoms with Crippen molar-refractivity contribution in [3.05, 3.63) is 48.5 Å². The zero-order chi connectivity index (χ0) is 21.9. The molecular weight excluding hydrogens is 404 g/mol. The number of carbonyl (C=O) groups is 1. The number of benzene rings is 1. The third kappa shape index (κ3) is 4.04. The third-order valence-corrected chi connectivity index (χ3v) is 6.03. The van der Waals surface area contributed by atoms with E-state index in [1.54, 1.807) is 0 Å². The Kier molecular flexibility index (Phi) is 5.75. The van der Waals surface area contributed by atoms with E-state index in [1.807, 2.05) is 56.5 Å². The van der Waals surface area contributed by atoms with Crippen molar-refractivity contribution in [3.8, 4) is 17.0 Å². The first-order valence-corrected chi connectivity index (χ1v) is 11.5. The van der Waals surface area contributed by atoms with E-state index in [4.69, 9.17) is 9.84 Å². The number of fused-ring (bicyclic) bond motifs is 3. The fraction of sp³-hybridized carbons (Fsp3) is 0.417. The van der Waals surface area contributed by atoms with Gasteiger partial charge in [0.2, 0.25) is 5.91 Å². The second-order valence-corrected chi connectivity index (χ2v) is 8.28. The summed E-state index contributed by atoms with van der Waals surface area (Å²) < 4.78 is 9.54. The predicted molar refractivity (Wildman–Crippen MR) is 122 cm³/mol. The quantitative estimate of drug-likeness (QED) is 0.396. The summed E-state index contributed by atoms with van der Waals surface area (Å²) in [6.07, 6.45) is 9.24. The molecule has 1 aromatic carbocycles. The number of unbranched alkanes of at least 4 members (excludes halogenated alkanes) is 1. The summed E-state index contributed by atoms with van der Waals surface area (Å²) in [7, 11) is 0. The molecule has 0 saturated carbocycles. The van der Waals surface area contributed by atoms with Gasteiger partial charge in [-0.25, -0.2) is 4.52 Å². The van der Waals surface area contributed by atoms with Gasteiger partial charge in [-0.1, -0.05) is 13.3 Å². The van der Waals surface area contributed by atoms with Gasteiger partial charge in [-0.3, -0.25) is 9.20 Å². The minimum absolute atomic E-state index is 0.203. The molecule has 166 valence electrons. The SMILES string of the molecule is CCCCOc1ccc(-c2cc3c4nnc(CCC(=O)N5CCCC5)n4ccn3n2)cc1. The van der Waals surface area contributed by atoms with Crippen LogP contribution in [0.5, 0.6) is 5.75 Å². The molecule has 0 unspecified atom stereocenters. The summed E-state index contributed by atoms with van der Waals surface area (Å²) in [5, 5.41) is 13.5. The van der Waals surface area contributed by atoms with Gasteiger partial charge in [0.05, 0.1) is 12.3 Å². The zero-order valence-electron chi connectivity index (χ0n) is 18.4. The molecule has 5 rings (SSSR count). The first-order valence-electron chi connectivity index (χ1n) is 11.5. The Morgan fingerprint density at radius 1 is 1.09 bits per heavy atom. The van der Waals surface area contributed by atoms with E-state index in [2.05, 4.69) is 17.1 Å². The average molecular weight is 433 g/mol. The lowest BCUT2D eigenvalue weighted by molar-refractivity contribution is -0.130. The van der Waals surface area contributed by atoms with Gasteiger partial charge in [-0.05, 0) is 49.6 Å². The molecule has 1 aliphatic rings. The van der Waals surface area contributed by atoms with Gasteiger partial charge in [-0.2, -0.15) is 5.10 Å². The maximum absolute atomic E-state index is 12.4. The molecule has 1 aliphatic heterocycles. The Morgan fingerprint density at radius 2 is 1.91 bits per heavy atom. The van der Waals surface area contributed by atoms with E-state index >= 15 is 0 Å². The van der Waals surface area contributed by atoms with Crippen molar-refractivity contribution in [1.29, 1.82) is 0 Å². The molecule has 8 nitrogen and oxygen atoms in total. The Hall–Kier alpha value is -3.42. The number of hydrogen-bond acceptors (Lipinski definition) is 5. The summed E-state index contributed by atoms with van der Waals surface area (Å²) >= 11 is 0. The van der Waals surface area contributed by atoms with Crippen molar-refractivity contribution in [3.63, 3.8) is 0 Å². The lowest BCUT2D eigenvalue weighted by Gasteiger charge is -2.14. The van der Waals surface area contributed by atoms with Crippen molar-refractivity contribution >= 4 is 17.1 Å². The molecule has 1 saturated heterocycles. The molecule has 8 heteroatoms. The fourth-order valence-electron chi connectivity index (χ4n) is 4.17. The molecule has 32 heavy (non-hydrogen) atoms. The first kappa shape index (κ1) is 20.5. The minimum atomic E-state index is 0.203. The highest BCUT2D eigenvalue weighted by atomic mass is 16.5. The van der Waals surface area contributed by atoms with Crippen molar-refractivity contribution in [2.24, 2.45) is 0 Å². The summed E-state index contributed by atoms with van der Waals surface area (Å²) in [6.45, 7) is 4.65. The maximum Gasteiger partial charge on any atom is 0.223 e. The van der Waals surface area contributed by atoms with Gasteiger partial charge < -0.3 is 9.64 Å². The van der Waals surface area contributed by atoms with Crippen LogP contribution in [0.4, 0.5) is 0 Å². The van der Waals surface area contributed by atoms with Crippen LogP contribution < -0.4 is 4.74 Å². The van der Waals surface area contributed by atoms with Crippen LogP contribution in [-0.4, -0.2) is 54.7 Å². The number of likely N-dealkylation sites (tertiary alicyclic amines) is 1. The van der Waals surface area contributed by atoms with E-state index in [0.717, 1.165) is 79.4 Å². The minimum Gasteiger partial charge on any atom is -0.494 e. The summed E-state index contributed by atoms with van der Waals surface area (Å²) in [5.74, 6) is 1.87. The van der Waals surface area contributed by atoms with E-state index in [-0.39, 0.29) is 5.91 Å². The van der Waals surface area contributed by atoms with Crippen LogP contribution >= 0.6 is 0 Å². The molecule has 4 heterocycles. The molecule has 3 aromatic heterocycles. The van der Waals surface area contributed by atoms with Gasteiger partial charge in [0.1, 0.15) is 17.1 Å². The molecule has 0 bridgehead atoms. The number of nitrogens with zero attached hydrogens (tertiary/aromatic N) is 6. The molecular formula is C24H28N6O2. The van der Waals surface area contributed by atoms with Crippen molar-refractivity contribution in [2.75, 3.05) is 19.7 Å². The summed E-state index contributed by atoms with van der Waals surface area (Å²) in [5.41, 5.74) is 3.52. The number of aromatic nitrogens is 5. The lowest BCUT2D eigenvalue weighted by atomic mass is 10.1. The van der Waals surface area contributed by atoms with Crippen LogP contribution in [0.3, 0.4) is 0 Å². The molecule has 4 aromatic rings. The van der Waals surface area contributed by atoms with E-state index < -0.39 is 0 Å². The first-order chi connectivity index (χ1) is 15.7. The molecule has 0 atom stereocenters. The van der Waals surface area contributed by atoms with Crippen LogP contribution in [-0.2, 0) is 11.2 Å². The molecule has 0 radical (unpaired) electrons. The van der Waals surface area contributed by atoms with Crippen molar-refractivity contribution in [1.82, 2.24) is 29.1 Å². The number of hydrogen-bond donors (Lipinski definition) is 0. The molecule has 1 fully saturated rings. The molecule has 1 amide bonds. The van der Waals surface area contributed by atoms with E-state index in [9.17, 15) is 4.79 Å². The molecule has 0 spiro atoms. The molecule has 0 aliphatic carbocycles. The topological polar surface area (TPSA) is 77.0 Å². The third-order valence-electron chi connectivity index (χ3n) is 6.03. The normalized spacial score (nSPS) is 14.0. The largest absolute Gasteiger partial charge is 0.494 e. The van der Waals surface area contributed by atoms with Gasteiger partial charge in [0, 0.05) is 43.9 Å². The van der Waals surface area contributed by atoms with E-state index in [0.29, 0.717) is 12.8 Å². The number of ether oxygens (including phenoxy) is 1. The highest BCUT2D eigenvalue weighted by molar-refractivity contribution is 5.78. The monoisotopic (exact) mass is 432 g/mol. The van der Waals surface area contributed by atoms with E-state index in [1.165, 1.54) is 0 Å². The van der Waals surface area contributed by atoms with Crippen LogP contribution in [0.15, 0.2) is 42.7 Å². The number of rotatable bonds is 8. The zero-order valence-corrected chi connectivity index (χ0v) is 18.4. The van der Waals surface area contributed by atoms with Gasteiger partial charge in [0.25, 0.3) is 0 Å². The van der Waals surface area contributed by atoms with Gasteiger partial charge >= 0.3 is 0 Å². The van der Waals surface area contributed by atoms with Gasteiger partial charge in [0.15, 0.2) is 5.65 Å². The van der Waals surface area contributed by atoms with Gasteiger partial charge in [-0.15, -0.1) is 10.2 Å². The Labute approximate surface area is 186 Å². The number of amides is 1. The standard InChI is InChI=1S/C24H28N6O2/c1-2-3-16-32-19-8-6-18(7-9-19)20-17-21-24-26-25-22(29(24)14-15-30(21)27-20)10-11-23(31)28-12-4-5-13-28/h6-9,14-15,17H,2-5,10-13,16H2,1H3. The molecule has 0 N–H and O–H groups in total. The Bertz CT molecular complexity index is 1220. The Morgan fingerprint density at radius 3 is 2.69 bits per heavy atom. The number of carbonyl (C=O) groups excluding carboxylic acids is 1. The summed E-state index contributed by atoms with van der Waals surface area (Å²) in [4.78, 5) is 14.3. The predicted octanol–water partition coefficient (Wildman–Crippen LogP) is 3.78. The highest BCUT2D eigenvalue weighted by Gasteiger charge is 2.19. The van der Waals surface area contributed by atoms with Crippen LogP contribution in [0.2, 0.25) is 0 Å². The highest BCUT2D eigenvalue weighted by Crippen LogP contribution is 2.24. The second-order valence-electron chi connectivity index (χ2n) is 8.28. The fourth-order valence-corrected chi connectivity index (χ4v) is 4.17. The van der Waals surface area contributed by atoms with Crippen LogP contribution in [0.25, 0.3) is 22.4 Å². The van der Waals surface area contributed by atoms with Crippen LogP contribution in [0, 0.1) is 0 Å². The summed E-state index contributed by atoms with van der Waals surface area (Å²) in [6, 6.07) is 10.0. The number of aryl methyl sites for hydroxylation is 1. The smallest absolute Gasteiger partial charge is 0.223 e. The lowest BCUT2D eigenvalue weighted by Crippen LogP contribution is -2.27. The van der Waals surface area contributed by atoms with Crippen molar-refractivity contribution in [2.45, 2.75) is 45.4 Å². The van der Waals surface area contributed by atoms with Crippen LogP contribution in [0.1, 0.15) is 44.9 Å². The average Bonchev–Trinajstić information content (AvgIpc) is 3.57. The van der Waals surface area contributed by atoms with Crippen molar-refractivity contribution < 1.29 is 9.53 Å². The Balaban J connectivity index is 1.35. The maximum atomic E-state index is 12.4. The second kappa shape index (κ2) is 8.98.